The largest absolute Gasteiger partial charge is 0.395 e. The number of β-amino-alcohol motifs (C(OH)–C–C–N with tert-alkyl or cyclic N) is 1. The molecule has 0 saturated carbocycles. The van der Waals surface area contributed by atoms with Crippen molar-refractivity contribution in [3.63, 3.8) is 0 Å². The van der Waals surface area contributed by atoms with Gasteiger partial charge in [-0.1, -0.05) is 6.42 Å². The summed E-state index contributed by atoms with van der Waals surface area (Å²) in [4.78, 5) is 0. The normalized spacial score (nSPS) is 33.1. The molecule has 0 aliphatic carbocycles. The van der Waals surface area contributed by atoms with Crippen molar-refractivity contribution < 1.29 is 13.5 Å². The van der Waals surface area contributed by atoms with Gasteiger partial charge in [0.25, 0.3) is 10.2 Å². The van der Waals surface area contributed by atoms with E-state index in [1.807, 2.05) is 0 Å². The molecule has 2 aliphatic rings. The number of aliphatic hydroxyl groups excluding tert-OH is 1. The third-order valence-corrected chi connectivity index (χ3v) is 5.02. The lowest BCUT2D eigenvalue weighted by molar-refractivity contribution is 0.245. The minimum Gasteiger partial charge on any atom is -0.395 e. The average molecular weight is 220 g/mol. The van der Waals surface area contributed by atoms with E-state index in [-0.39, 0.29) is 19.2 Å². The molecule has 0 aromatic rings. The zero-order valence-corrected chi connectivity index (χ0v) is 8.91. The highest BCUT2D eigenvalue weighted by atomic mass is 32.2. The van der Waals surface area contributed by atoms with E-state index in [0.29, 0.717) is 13.1 Å². The fraction of sp³-hybridized carbons (Fsp3) is 1.00. The van der Waals surface area contributed by atoms with Crippen molar-refractivity contribution in [2.45, 2.75) is 25.3 Å². The average Bonchev–Trinajstić information content (AvgIpc) is 2.41. The Morgan fingerprint density at radius 1 is 1.36 bits per heavy atom. The summed E-state index contributed by atoms with van der Waals surface area (Å²) >= 11 is 0. The molecule has 0 aromatic carbocycles. The molecule has 1 N–H and O–H groups in total. The molecule has 5 nitrogen and oxygen atoms in total. The number of nitrogens with zero attached hydrogens (tertiary/aromatic N) is 2. The van der Waals surface area contributed by atoms with E-state index < -0.39 is 10.2 Å². The second-order valence-electron chi connectivity index (χ2n) is 3.85. The van der Waals surface area contributed by atoms with Gasteiger partial charge in [0.15, 0.2) is 0 Å². The highest BCUT2D eigenvalue weighted by Crippen LogP contribution is 2.29. The molecule has 0 radical (unpaired) electrons. The van der Waals surface area contributed by atoms with Crippen molar-refractivity contribution in [3.8, 4) is 0 Å². The Kier molecular flexibility index (Phi) is 2.79. The molecule has 2 fully saturated rings. The topological polar surface area (TPSA) is 60.9 Å². The van der Waals surface area contributed by atoms with Crippen LogP contribution in [0.3, 0.4) is 0 Å². The van der Waals surface area contributed by atoms with E-state index in [2.05, 4.69) is 0 Å². The maximum Gasteiger partial charge on any atom is 0.282 e. The van der Waals surface area contributed by atoms with Gasteiger partial charge in [-0.05, 0) is 12.8 Å². The van der Waals surface area contributed by atoms with Crippen LogP contribution < -0.4 is 0 Å². The van der Waals surface area contributed by atoms with Crippen molar-refractivity contribution in [1.29, 1.82) is 0 Å². The number of aliphatic hydroxyl groups is 1. The summed E-state index contributed by atoms with van der Waals surface area (Å²) in [5.74, 6) is 0. The molecule has 0 unspecified atom stereocenters. The van der Waals surface area contributed by atoms with E-state index in [1.54, 1.807) is 4.31 Å². The van der Waals surface area contributed by atoms with E-state index in [1.165, 1.54) is 4.31 Å². The molecule has 6 heteroatoms. The van der Waals surface area contributed by atoms with Crippen LogP contribution in [0.15, 0.2) is 0 Å². The second kappa shape index (κ2) is 3.77. The van der Waals surface area contributed by atoms with Gasteiger partial charge < -0.3 is 5.11 Å². The van der Waals surface area contributed by atoms with Crippen LogP contribution in [0.1, 0.15) is 19.3 Å². The van der Waals surface area contributed by atoms with Gasteiger partial charge in [0, 0.05) is 25.7 Å². The molecule has 2 rings (SSSR count). The minimum atomic E-state index is -3.24. The number of piperidine rings is 1. The van der Waals surface area contributed by atoms with Crippen LogP contribution >= 0.6 is 0 Å². The molecule has 0 amide bonds. The molecule has 14 heavy (non-hydrogen) atoms. The molecule has 1 atom stereocenters. The Hall–Kier alpha value is -0.170. The van der Waals surface area contributed by atoms with Crippen LogP contribution in [0, 0.1) is 0 Å². The maximum atomic E-state index is 11.9. The van der Waals surface area contributed by atoms with Crippen LogP contribution in [0.5, 0.6) is 0 Å². The molecular weight excluding hydrogens is 204 g/mol. The fourth-order valence-electron chi connectivity index (χ4n) is 2.26. The molecule has 0 spiro atoms. The van der Waals surface area contributed by atoms with Crippen molar-refractivity contribution in [3.05, 3.63) is 0 Å². The van der Waals surface area contributed by atoms with Gasteiger partial charge >= 0.3 is 0 Å². The van der Waals surface area contributed by atoms with Gasteiger partial charge in [0.2, 0.25) is 0 Å². The van der Waals surface area contributed by atoms with E-state index >= 15 is 0 Å². The van der Waals surface area contributed by atoms with Gasteiger partial charge in [-0.3, -0.25) is 0 Å². The van der Waals surface area contributed by atoms with Crippen molar-refractivity contribution in [2.24, 2.45) is 0 Å². The first-order chi connectivity index (χ1) is 6.66. The van der Waals surface area contributed by atoms with Crippen LogP contribution in [-0.4, -0.2) is 54.4 Å². The molecule has 0 aromatic heterocycles. The van der Waals surface area contributed by atoms with E-state index in [0.717, 1.165) is 19.3 Å². The highest BCUT2D eigenvalue weighted by molar-refractivity contribution is 7.87. The first kappa shape index (κ1) is 10.4. The number of rotatable bonds is 2. The van der Waals surface area contributed by atoms with Gasteiger partial charge in [-0.15, -0.1) is 0 Å². The molecular formula is C8H16N2O3S. The third kappa shape index (κ3) is 1.56. The molecule has 0 bridgehead atoms. The second-order valence-corrected chi connectivity index (χ2v) is 5.73. The Bertz CT molecular complexity index is 304. The van der Waals surface area contributed by atoms with Crippen molar-refractivity contribution in [1.82, 2.24) is 8.61 Å². The standard InChI is InChI=1S/C8H16N2O3S/c11-6-5-9-7-8-3-1-2-4-10(8)14(9,12)13/h8,11H,1-7H2/t8-/m0/s1. The summed E-state index contributed by atoms with van der Waals surface area (Å²) < 4.78 is 26.7. The third-order valence-electron chi connectivity index (χ3n) is 2.96. The monoisotopic (exact) mass is 220 g/mol. The van der Waals surface area contributed by atoms with Crippen molar-refractivity contribution in [2.75, 3.05) is 26.2 Å². The lowest BCUT2D eigenvalue weighted by atomic mass is 10.1. The van der Waals surface area contributed by atoms with Crippen LogP contribution in [0.25, 0.3) is 0 Å². The van der Waals surface area contributed by atoms with E-state index in [9.17, 15) is 8.42 Å². The van der Waals surface area contributed by atoms with Crippen molar-refractivity contribution >= 4 is 10.2 Å². The quantitative estimate of drug-likeness (QED) is 0.675. The summed E-state index contributed by atoms with van der Waals surface area (Å²) in [6.07, 6.45) is 3.04. The summed E-state index contributed by atoms with van der Waals surface area (Å²) in [5, 5.41) is 8.77. The first-order valence-corrected chi connectivity index (χ1v) is 6.44. The Balaban J connectivity index is 2.18. The maximum absolute atomic E-state index is 11.9. The Morgan fingerprint density at radius 2 is 2.14 bits per heavy atom. The Morgan fingerprint density at radius 3 is 2.79 bits per heavy atom. The minimum absolute atomic E-state index is 0.0974. The van der Waals surface area contributed by atoms with Crippen LogP contribution in [0.2, 0.25) is 0 Å². The summed E-state index contributed by atoms with van der Waals surface area (Å²) in [7, 11) is -3.24. The smallest absolute Gasteiger partial charge is 0.282 e. The van der Waals surface area contributed by atoms with Gasteiger partial charge in [-0.2, -0.15) is 17.0 Å². The summed E-state index contributed by atoms with van der Waals surface area (Å²) in [6.45, 7) is 1.34. The fourth-order valence-corrected chi connectivity index (χ4v) is 4.13. The number of hydrogen-bond donors (Lipinski definition) is 1. The number of fused-ring (bicyclic) bond motifs is 1. The predicted octanol–water partition coefficient (Wildman–Crippen LogP) is -0.606. The van der Waals surface area contributed by atoms with E-state index in [4.69, 9.17) is 5.11 Å². The Labute approximate surface area is 84.5 Å². The molecule has 82 valence electrons. The lowest BCUT2D eigenvalue weighted by Gasteiger charge is -2.26. The summed E-state index contributed by atoms with van der Waals surface area (Å²) in [5.41, 5.74) is 0. The van der Waals surface area contributed by atoms with Crippen LogP contribution in [-0.2, 0) is 10.2 Å². The summed E-state index contributed by atoms with van der Waals surface area (Å²) in [6, 6.07) is 0.153. The lowest BCUT2D eigenvalue weighted by Crippen LogP contribution is -2.39. The molecule has 2 saturated heterocycles. The van der Waals surface area contributed by atoms with Crippen LogP contribution in [0.4, 0.5) is 0 Å². The molecule has 2 heterocycles. The highest BCUT2D eigenvalue weighted by Gasteiger charge is 2.44. The zero-order valence-electron chi connectivity index (χ0n) is 8.09. The SMILES string of the molecule is O=S1(=O)N(CCO)C[C@@H]2CCCCN21. The number of hydrogen-bond acceptors (Lipinski definition) is 3. The predicted molar refractivity (Wildman–Crippen MR) is 51.9 cm³/mol. The van der Waals surface area contributed by atoms with Gasteiger partial charge in [0.1, 0.15) is 0 Å². The molecule has 2 aliphatic heterocycles. The van der Waals surface area contributed by atoms with Gasteiger partial charge in [-0.25, -0.2) is 0 Å². The van der Waals surface area contributed by atoms with Gasteiger partial charge in [0.05, 0.1) is 6.61 Å². The first-order valence-electron chi connectivity index (χ1n) is 5.04. The zero-order chi connectivity index (χ0) is 10.2.